The molecule has 7 N–H and O–H groups in total. The molecule has 2 atom stereocenters. The number of hydrogen-bond donors (Lipinski definition) is 7. The number of esters is 6. The molecule has 5 aliphatic heterocycles. The van der Waals surface area contributed by atoms with E-state index < -0.39 is 10.8 Å². The highest BCUT2D eigenvalue weighted by Gasteiger charge is 2.53. The molecule has 0 amide bonds. The maximum atomic E-state index is 14.6. The molecule has 0 aromatic heterocycles. The van der Waals surface area contributed by atoms with Crippen LogP contribution >= 0.6 is 0 Å². The number of carbonyl (C=O) groups excluding carboxylic acids is 6. The van der Waals surface area contributed by atoms with Gasteiger partial charge in [-0.3, -0.25) is 43.5 Å². The second kappa shape index (κ2) is 48.3. The van der Waals surface area contributed by atoms with Crippen LogP contribution in [-0.2, 0) is 82.9 Å². The Morgan fingerprint density at radius 2 is 0.601 bits per heavy atom. The number of nitrogens with one attached hydrogen (secondary N) is 2. The zero-order valence-corrected chi connectivity index (χ0v) is 94.3. The van der Waals surface area contributed by atoms with Crippen molar-refractivity contribution in [2.75, 3.05) is 27.2 Å². The van der Waals surface area contributed by atoms with Gasteiger partial charge in [-0.15, -0.1) is 0 Å². The number of carbonyl (C=O) groups is 6. The van der Waals surface area contributed by atoms with Crippen LogP contribution in [0.25, 0.3) is 11.1 Å². The lowest BCUT2D eigenvalue weighted by molar-refractivity contribution is -0.179. The zero-order chi connectivity index (χ0) is 107. The maximum absolute atomic E-state index is 14.6. The van der Waals surface area contributed by atoms with Crippen LogP contribution in [0.2, 0.25) is 0 Å². The van der Waals surface area contributed by atoms with E-state index in [0.717, 1.165) is 148 Å². The number of likely N-dealkylation sites (tertiary alicyclic amines) is 3. The largest absolute Gasteiger partial charge is 0.507 e. The average molecular weight is 1980 g/mol. The number of nitrogens with zero attached hydrogens (tertiary/aromatic N) is 3. The number of piperidine rings is 5. The van der Waals surface area contributed by atoms with E-state index >= 15 is 0 Å². The van der Waals surface area contributed by atoms with E-state index in [4.69, 9.17) is 28.4 Å². The Kier molecular flexibility index (Phi) is 40.2. The predicted molar refractivity (Wildman–Crippen MR) is 576 cm³/mol. The Bertz CT molecular complexity index is 5150. The fourth-order valence-corrected chi connectivity index (χ4v) is 24.5. The third-order valence-electron chi connectivity index (χ3n) is 31.3. The predicted octanol–water partition coefficient (Wildman–Crippen LogP) is 24.8. The minimum atomic E-state index is -1.07. The van der Waals surface area contributed by atoms with Gasteiger partial charge in [0.05, 0.1) is 23.7 Å². The molecule has 22 heteroatoms. The highest BCUT2D eigenvalue weighted by atomic mass is 16.6. The molecule has 5 aliphatic rings. The number of benzene rings is 6. The molecule has 0 saturated carbocycles. The fourth-order valence-electron chi connectivity index (χ4n) is 24.5. The summed E-state index contributed by atoms with van der Waals surface area (Å²) < 4.78 is 36.9. The summed E-state index contributed by atoms with van der Waals surface area (Å²) in [6.45, 7) is 67.3. The number of aryl methyl sites for hydroxylation is 12. The van der Waals surface area contributed by atoms with Crippen LogP contribution in [0.5, 0.6) is 28.7 Å². The number of rotatable bonds is 33. The van der Waals surface area contributed by atoms with Gasteiger partial charge in [-0.1, -0.05) is 131 Å². The average Bonchev–Trinajstić information content (AvgIpc) is 0.768. The summed E-state index contributed by atoms with van der Waals surface area (Å²) in [5.41, 5.74) is 10.5. The van der Waals surface area contributed by atoms with Crippen LogP contribution in [0.4, 0.5) is 0 Å². The molecular formula is C121H185N5O17. The van der Waals surface area contributed by atoms with E-state index in [1.165, 1.54) is 5.56 Å². The van der Waals surface area contributed by atoms with Crippen molar-refractivity contribution < 1.29 is 82.7 Å². The first-order valence-corrected chi connectivity index (χ1v) is 53.0. The minimum absolute atomic E-state index is 0.0267. The van der Waals surface area contributed by atoms with E-state index in [9.17, 15) is 54.3 Å². The SMILES string of the molecule is CCCCCC(CC(=O)OC1CC(C)(C)N(C)C(C)(C)C1)(Cc1cc(C)c(O)c(C)c1)C(=O)OC1CC(C)(C)N(C)C(C)(C)C1.CCCCCC(CC(=O)OC1CC(C)(C)NC(C)(C)C1)(Cc1cc(C)c(O)c(C)c1)C(=O)OC1CC(C)(C)NC(C)(C)C1.Cc1cc(-c2ccccc2)cc(C)c1O.Cc1cc(CCC(=O)OCCN2C(C)(C)CC(OC(=O)CCc3cc(C)c(O)c(C)c3)CC2(C)C)cc(C)c1O. The third-order valence-corrected chi connectivity index (χ3v) is 31.3. The second-order valence-electron chi connectivity index (χ2n) is 49.9. The molecule has 0 radical (unpaired) electrons. The van der Waals surface area contributed by atoms with Gasteiger partial charge in [-0.05, 0) is 361 Å². The van der Waals surface area contributed by atoms with Gasteiger partial charge in [0.2, 0.25) is 0 Å². The van der Waals surface area contributed by atoms with Crippen molar-refractivity contribution >= 4 is 35.8 Å². The normalized spacial score (nSPS) is 20.0. The van der Waals surface area contributed by atoms with Crippen molar-refractivity contribution in [3.8, 4) is 39.9 Å². The molecule has 6 aromatic carbocycles. The standard InChI is InChI=1S/C38H64N2O5.C36H60N2O5.C33H47NO6.C14H14O/c1-14-15-16-17-38(20-28-18-26(2)32(42)27(3)19-28,33(43)45-30-23-36(8,9)40(13)37(10,11)24-30)25-31(41)44-29-21-34(4,5)39(12)35(6,7)22-29;1-12-13-14-15-36(18-26-16-24(2)30(40)25(3)17-26,31(41)43-28-21-34(8,9)38-35(10,11)22-28)23-29(39)42-27-19-32(4,5)37-33(6,7)20-27;1-21-15-25(16-22(2)30(21)37)9-11-28(35)39-14-13-34-32(5,6)19-27(20-33(34,7)8)40-29(36)12-10-26-17-23(3)31(38)24(4)18-26;1-10-8-13(9-11(2)14(10)15)12-6-4-3-5-7-12/h18-19,29-30,42H,14-17,20-25H2,1-13H3;16-17,27-28,37-38,40H,12-15,18-23H2,1-11H3;15-18,27,37-38H,9-14,19-20H2,1-8H3;3-9,15H,1-2H3. The van der Waals surface area contributed by atoms with Crippen LogP contribution in [0, 0.1) is 80.1 Å². The molecule has 0 bridgehead atoms. The van der Waals surface area contributed by atoms with Gasteiger partial charge in [0.1, 0.15) is 65.9 Å². The Labute approximate surface area is 860 Å². The van der Waals surface area contributed by atoms with Crippen molar-refractivity contribution in [2.45, 2.75) is 474 Å². The number of ether oxygens (including phenoxy) is 6. The van der Waals surface area contributed by atoms with Gasteiger partial charge < -0.3 is 64.6 Å². The Hall–Kier alpha value is -9.06. The highest BCUT2D eigenvalue weighted by Crippen LogP contribution is 2.48. The van der Waals surface area contributed by atoms with Crippen LogP contribution < -0.4 is 10.6 Å². The van der Waals surface area contributed by atoms with E-state index in [0.29, 0.717) is 114 Å². The third kappa shape index (κ3) is 33.5. The molecule has 2 unspecified atom stereocenters. The first kappa shape index (κ1) is 119. The summed E-state index contributed by atoms with van der Waals surface area (Å²) in [4.78, 5) is 89.3. The molecule has 6 aromatic rings. The van der Waals surface area contributed by atoms with Crippen LogP contribution in [-0.4, -0.2) is 189 Å². The first-order valence-electron chi connectivity index (χ1n) is 53.0. The van der Waals surface area contributed by atoms with E-state index in [1.807, 2.05) is 148 Å². The molecule has 143 heavy (non-hydrogen) atoms. The Balaban J connectivity index is 0.000000244. The van der Waals surface area contributed by atoms with Crippen molar-refractivity contribution in [2.24, 2.45) is 10.8 Å². The summed E-state index contributed by atoms with van der Waals surface area (Å²) in [7, 11) is 4.28. The highest BCUT2D eigenvalue weighted by molar-refractivity contribution is 5.85. The van der Waals surface area contributed by atoms with E-state index in [1.54, 1.807) is 0 Å². The molecular weight excluding hydrogens is 1800 g/mol. The van der Waals surface area contributed by atoms with E-state index in [2.05, 4.69) is 204 Å². The quantitative estimate of drug-likeness (QED) is 0.0114. The van der Waals surface area contributed by atoms with Crippen molar-refractivity contribution in [1.82, 2.24) is 25.3 Å². The Morgan fingerprint density at radius 1 is 0.336 bits per heavy atom. The van der Waals surface area contributed by atoms with Gasteiger partial charge >= 0.3 is 35.8 Å². The number of aromatic hydroxyl groups is 5. The van der Waals surface area contributed by atoms with Crippen molar-refractivity contribution in [3.63, 3.8) is 0 Å². The Morgan fingerprint density at radius 3 is 0.916 bits per heavy atom. The molecule has 0 spiro atoms. The topological polar surface area (TPSA) is 293 Å². The lowest BCUT2D eigenvalue weighted by Crippen LogP contribution is -2.63. The van der Waals surface area contributed by atoms with Crippen LogP contribution in [0.3, 0.4) is 0 Å². The van der Waals surface area contributed by atoms with Crippen LogP contribution in [0.1, 0.15) is 371 Å². The summed E-state index contributed by atoms with van der Waals surface area (Å²) in [6.07, 6.45) is 15.0. The smallest absolute Gasteiger partial charge is 0.313 e. The number of hydrogen-bond acceptors (Lipinski definition) is 22. The molecule has 5 saturated heterocycles. The molecule has 22 nitrogen and oxygen atoms in total. The van der Waals surface area contributed by atoms with Crippen LogP contribution in [0.15, 0.2) is 91.0 Å². The summed E-state index contributed by atoms with van der Waals surface area (Å²) >= 11 is 0. The summed E-state index contributed by atoms with van der Waals surface area (Å²) in [5.74, 6) is -0.203. The number of phenols is 5. The number of unbranched alkanes of at least 4 members (excludes halogenated alkanes) is 4. The van der Waals surface area contributed by atoms with Gasteiger partial charge in [0.25, 0.3) is 0 Å². The van der Waals surface area contributed by atoms with Gasteiger partial charge in [-0.2, -0.15) is 0 Å². The van der Waals surface area contributed by atoms with Crippen molar-refractivity contribution in [1.29, 1.82) is 0 Å². The second-order valence-corrected chi connectivity index (χ2v) is 49.9. The van der Waals surface area contributed by atoms with Crippen molar-refractivity contribution in [3.05, 3.63) is 169 Å². The van der Waals surface area contributed by atoms with Gasteiger partial charge in [-0.25, -0.2) is 0 Å². The monoisotopic (exact) mass is 1980 g/mol. The summed E-state index contributed by atoms with van der Waals surface area (Å²) in [5, 5.41) is 57.9. The van der Waals surface area contributed by atoms with Gasteiger partial charge in [0, 0.05) is 139 Å². The number of phenolic OH excluding ortho intramolecular Hbond substituents is 5. The van der Waals surface area contributed by atoms with E-state index in [-0.39, 0.29) is 152 Å². The maximum Gasteiger partial charge on any atom is 0.313 e. The first-order chi connectivity index (χ1) is 66.0. The molecule has 0 aliphatic carbocycles. The summed E-state index contributed by atoms with van der Waals surface area (Å²) in [6, 6.07) is 29.6. The van der Waals surface area contributed by atoms with Gasteiger partial charge in [0.15, 0.2) is 0 Å². The zero-order valence-electron chi connectivity index (χ0n) is 94.3. The fraction of sp³-hybridized carbons (Fsp3) is 0.653. The lowest BCUT2D eigenvalue weighted by atomic mass is 9.73. The molecule has 11 rings (SSSR count). The molecule has 5 fully saturated rings. The lowest BCUT2D eigenvalue weighted by Gasteiger charge is -2.54. The molecule has 5 heterocycles. The molecule has 796 valence electrons. The minimum Gasteiger partial charge on any atom is -0.507 e.